The van der Waals surface area contributed by atoms with Crippen LogP contribution in [0.2, 0.25) is 0 Å². The predicted octanol–water partition coefficient (Wildman–Crippen LogP) is 1.03. The van der Waals surface area contributed by atoms with Gasteiger partial charge in [-0.2, -0.15) is 4.21 Å². The molecule has 1 aromatic carbocycles. The van der Waals surface area contributed by atoms with Crippen LogP contribution in [0.4, 0.5) is 5.69 Å². The number of rotatable bonds is 11. The maximum Gasteiger partial charge on any atom is 0.303 e. The summed E-state index contributed by atoms with van der Waals surface area (Å²) < 4.78 is 30.3. The maximum atomic E-state index is 13.0. The van der Waals surface area contributed by atoms with E-state index in [0.717, 1.165) is 18.0 Å². The molecule has 2 aliphatic rings. The molecule has 1 unspecified atom stereocenters. The number of morpholine rings is 1. The van der Waals surface area contributed by atoms with E-state index in [9.17, 15) is 18.6 Å². The van der Waals surface area contributed by atoms with Crippen LogP contribution >= 0.6 is 0 Å². The van der Waals surface area contributed by atoms with Crippen molar-refractivity contribution in [1.82, 2.24) is 9.80 Å². The summed E-state index contributed by atoms with van der Waals surface area (Å²) in [7, 11) is 0. The van der Waals surface area contributed by atoms with Crippen LogP contribution in [0.15, 0.2) is 18.2 Å². The van der Waals surface area contributed by atoms with Crippen molar-refractivity contribution in [2.45, 2.75) is 20.3 Å². The van der Waals surface area contributed by atoms with Gasteiger partial charge in [0.1, 0.15) is 6.73 Å². The monoisotopic (exact) mass is 483 g/mol. The molecule has 2 amide bonds. The zero-order valence-electron chi connectivity index (χ0n) is 18.7. The van der Waals surface area contributed by atoms with Gasteiger partial charge in [-0.25, -0.2) is 4.18 Å². The molecule has 1 saturated heterocycles. The summed E-state index contributed by atoms with van der Waals surface area (Å²) in [5.74, 6) is -1.96. The molecule has 0 bridgehead atoms. The molecule has 12 heteroatoms. The van der Waals surface area contributed by atoms with Crippen LogP contribution in [0.3, 0.4) is 0 Å². The minimum absolute atomic E-state index is 0.0195. The number of carboxylic acids is 1. The van der Waals surface area contributed by atoms with Crippen LogP contribution in [0.1, 0.15) is 41.0 Å². The smallest absolute Gasteiger partial charge is 0.303 e. The van der Waals surface area contributed by atoms with Gasteiger partial charge in [-0.3, -0.25) is 28.7 Å². The zero-order valence-corrected chi connectivity index (χ0v) is 19.5. The lowest BCUT2D eigenvalue weighted by Crippen LogP contribution is -2.42. The lowest BCUT2D eigenvalue weighted by atomic mass is 9.89. The number of benzene rings is 1. The molecule has 33 heavy (non-hydrogen) atoms. The minimum Gasteiger partial charge on any atom is -0.481 e. The van der Waals surface area contributed by atoms with E-state index in [1.807, 2.05) is 0 Å². The molecule has 0 aromatic heterocycles. The third kappa shape index (κ3) is 6.58. The van der Waals surface area contributed by atoms with Gasteiger partial charge in [-0.05, 0) is 23.6 Å². The van der Waals surface area contributed by atoms with Crippen LogP contribution < -0.4 is 4.90 Å². The van der Waals surface area contributed by atoms with E-state index >= 15 is 0 Å². The van der Waals surface area contributed by atoms with Gasteiger partial charge in [-0.1, -0.05) is 13.8 Å². The zero-order chi connectivity index (χ0) is 24.2. The van der Waals surface area contributed by atoms with E-state index < -0.39 is 34.6 Å². The summed E-state index contributed by atoms with van der Waals surface area (Å²) in [6.07, 6.45) is -0.184. The van der Waals surface area contributed by atoms with Gasteiger partial charge in [0.05, 0.1) is 30.8 Å². The largest absolute Gasteiger partial charge is 0.481 e. The number of anilines is 1. The molecule has 1 aromatic rings. The van der Waals surface area contributed by atoms with Crippen molar-refractivity contribution in [3.05, 3.63) is 29.3 Å². The number of carbonyl (C=O) groups excluding carboxylic acids is 2. The number of hydrogen-bond donors (Lipinski definition) is 2. The van der Waals surface area contributed by atoms with Gasteiger partial charge < -0.3 is 14.7 Å². The molecule has 0 saturated carbocycles. The highest BCUT2D eigenvalue weighted by Gasteiger charge is 2.39. The van der Waals surface area contributed by atoms with Gasteiger partial charge in [0.15, 0.2) is 0 Å². The Hall–Kier alpha value is -2.38. The highest BCUT2D eigenvalue weighted by atomic mass is 32.2. The van der Waals surface area contributed by atoms with E-state index in [0.29, 0.717) is 32.0 Å². The summed E-state index contributed by atoms with van der Waals surface area (Å²) in [6, 6.07) is 4.79. The Bertz CT molecular complexity index is 932. The van der Waals surface area contributed by atoms with E-state index in [1.165, 1.54) is 0 Å². The average Bonchev–Trinajstić information content (AvgIpc) is 2.97. The first kappa shape index (κ1) is 25.2. The lowest BCUT2D eigenvalue weighted by Gasteiger charge is -2.30. The quantitative estimate of drug-likeness (QED) is 0.267. The Labute approximate surface area is 194 Å². The first-order valence-electron chi connectivity index (χ1n) is 10.6. The van der Waals surface area contributed by atoms with Crippen molar-refractivity contribution < 1.29 is 37.2 Å². The van der Waals surface area contributed by atoms with E-state index in [2.05, 4.69) is 4.90 Å². The molecule has 0 spiro atoms. The molecular weight excluding hydrogens is 454 g/mol. The number of aliphatic carboxylic acids is 1. The van der Waals surface area contributed by atoms with Gasteiger partial charge in [0.2, 0.25) is 0 Å². The Kier molecular flexibility index (Phi) is 8.19. The first-order chi connectivity index (χ1) is 15.6. The average molecular weight is 484 g/mol. The fraction of sp³-hybridized carbons (Fsp3) is 0.571. The first-order valence-corrected chi connectivity index (χ1v) is 11.6. The van der Waals surface area contributed by atoms with E-state index in [4.69, 9.17) is 18.6 Å². The van der Waals surface area contributed by atoms with Gasteiger partial charge >= 0.3 is 17.3 Å². The number of nitrogens with zero attached hydrogens (tertiary/aromatic N) is 3. The van der Waals surface area contributed by atoms with E-state index in [-0.39, 0.29) is 30.8 Å². The number of carboxylic acid groups (broad SMARTS) is 1. The third-order valence-corrected chi connectivity index (χ3v) is 5.94. The second-order valence-corrected chi connectivity index (χ2v) is 9.51. The highest BCUT2D eigenvalue weighted by Crippen LogP contribution is 2.31. The molecule has 0 radical (unpaired) electrons. The second kappa shape index (κ2) is 10.7. The number of ether oxygens (including phenoxy) is 1. The van der Waals surface area contributed by atoms with Crippen LogP contribution in [-0.4, -0.2) is 94.1 Å². The molecule has 1 fully saturated rings. The van der Waals surface area contributed by atoms with Gasteiger partial charge in [0.25, 0.3) is 11.8 Å². The number of hydrogen-bond acceptors (Lipinski definition) is 8. The van der Waals surface area contributed by atoms with Crippen LogP contribution in [0.5, 0.6) is 0 Å². The fourth-order valence-electron chi connectivity index (χ4n) is 3.98. The SMILES string of the molecule is CC(C)(CC(=O)O)CN1C(=O)c2ccc(N(CCN3CCOCC3)COS(=O)O)cc2C1=O. The van der Waals surface area contributed by atoms with Crippen molar-refractivity contribution >= 4 is 34.8 Å². The van der Waals surface area contributed by atoms with Crippen molar-refractivity contribution in [3.8, 4) is 0 Å². The Morgan fingerprint density at radius 1 is 1.21 bits per heavy atom. The van der Waals surface area contributed by atoms with Crippen LogP contribution in [0.25, 0.3) is 0 Å². The topological polar surface area (TPSA) is 137 Å². The number of imide groups is 1. The second-order valence-electron chi connectivity index (χ2n) is 8.84. The van der Waals surface area contributed by atoms with Gasteiger partial charge in [-0.15, -0.1) is 0 Å². The van der Waals surface area contributed by atoms with E-state index in [1.54, 1.807) is 36.9 Å². The minimum atomic E-state index is -2.45. The van der Waals surface area contributed by atoms with Crippen LogP contribution in [-0.2, 0) is 25.1 Å². The molecular formula is C21H29N3O8S. The number of fused-ring (bicyclic) bond motifs is 1. The Balaban J connectivity index is 1.78. The van der Waals surface area contributed by atoms with Crippen molar-refractivity contribution in [1.29, 1.82) is 0 Å². The normalized spacial score (nSPS) is 17.8. The molecule has 2 N–H and O–H groups in total. The standard InChI is InChI=1S/C21H29N3O8S/c1-21(2,12-18(25)26)13-24-19(27)16-4-3-15(11-17(16)20(24)28)23(14-32-33(29)30)6-5-22-7-9-31-10-8-22/h3-4,11H,5-10,12-14H2,1-2H3,(H,25,26)(H,29,30). The summed E-state index contributed by atoms with van der Waals surface area (Å²) in [5, 5.41) is 9.10. The Morgan fingerprint density at radius 2 is 1.88 bits per heavy atom. The summed E-state index contributed by atoms with van der Waals surface area (Å²) in [5.41, 5.74) is 0.241. The Morgan fingerprint density at radius 3 is 2.52 bits per heavy atom. The van der Waals surface area contributed by atoms with Crippen molar-refractivity contribution in [2.75, 3.05) is 57.6 Å². The maximum absolute atomic E-state index is 13.0. The molecule has 182 valence electrons. The summed E-state index contributed by atoms with van der Waals surface area (Å²) in [6.45, 7) is 7.14. The van der Waals surface area contributed by atoms with Crippen LogP contribution in [0, 0.1) is 5.41 Å². The number of amides is 2. The van der Waals surface area contributed by atoms with Crippen molar-refractivity contribution in [2.24, 2.45) is 5.41 Å². The predicted molar refractivity (Wildman–Crippen MR) is 119 cm³/mol. The molecule has 0 aliphatic carbocycles. The highest BCUT2D eigenvalue weighted by molar-refractivity contribution is 7.74. The summed E-state index contributed by atoms with van der Waals surface area (Å²) in [4.78, 5) is 42.0. The molecule has 11 nitrogen and oxygen atoms in total. The van der Waals surface area contributed by atoms with Gasteiger partial charge in [0, 0.05) is 38.4 Å². The lowest BCUT2D eigenvalue weighted by molar-refractivity contribution is -0.139. The summed E-state index contributed by atoms with van der Waals surface area (Å²) >= 11 is -2.45. The molecule has 3 rings (SSSR count). The van der Waals surface area contributed by atoms with Crippen molar-refractivity contribution in [3.63, 3.8) is 0 Å². The molecule has 2 aliphatic heterocycles. The molecule has 2 heterocycles. The molecule has 1 atom stereocenters. The third-order valence-electron chi connectivity index (χ3n) is 5.63. The number of carbonyl (C=O) groups is 3. The fourth-order valence-corrected chi connectivity index (χ4v) is 4.19.